The molecule has 0 N–H and O–H groups in total. The van der Waals surface area contributed by atoms with Gasteiger partial charge in [-0.2, -0.15) is 5.10 Å². The van der Waals surface area contributed by atoms with Gasteiger partial charge in [0.1, 0.15) is 0 Å². The first-order valence-corrected chi connectivity index (χ1v) is 8.47. The molecule has 0 saturated heterocycles. The number of aryl methyl sites for hydroxylation is 2. The number of benzene rings is 1. The molecule has 2 aromatic heterocycles. The normalized spacial score (nSPS) is 11.0. The maximum atomic E-state index is 11.4. The number of halogens is 1. The summed E-state index contributed by atoms with van der Waals surface area (Å²) in [4.78, 5) is 16.1. The van der Waals surface area contributed by atoms with Crippen molar-refractivity contribution >= 4 is 27.5 Å². The van der Waals surface area contributed by atoms with E-state index in [1.165, 1.54) is 7.11 Å². The van der Waals surface area contributed by atoms with E-state index in [-0.39, 0.29) is 5.97 Å². The Morgan fingerprint density at radius 2 is 1.96 bits per heavy atom. The van der Waals surface area contributed by atoms with E-state index in [2.05, 4.69) is 26.0 Å². The molecule has 0 radical (unpaired) electrons. The van der Waals surface area contributed by atoms with Crippen LogP contribution in [0.25, 0.3) is 16.9 Å². The van der Waals surface area contributed by atoms with Gasteiger partial charge in [-0.05, 0) is 38.0 Å². The minimum Gasteiger partial charge on any atom is -0.469 e. The van der Waals surface area contributed by atoms with Gasteiger partial charge < -0.3 is 4.74 Å². The van der Waals surface area contributed by atoms with Crippen LogP contribution in [-0.4, -0.2) is 27.7 Å². The van der Waals surface area contributed by atoms with Gasteiger partial charge in [0.25, 0.3) is 0 Å². The Balaban J connectivity index is 2.02. The van der Waals surface area contributed by atoms with Crippen LogP contribution in [-0.2, 0) is 16.0 Å². The van der Waals surface area contributed by atoms with Gasteiger partial charge in [0, 0.05) is 33.9 Å². The molecule has 0 saturated carbocycles. The first kappa shape index (κ1) is 16.6. The van der Waals surface area contributed by atoms with Crippen LogP contribution in [0.4, 0.5) is 0 Å². The second-order valence-corrected chi connectivity index (χ2v) is 6.56. The molecule has 1 aromatic carbocycles. The molecule has 0 aliphatic heterocycles. The monoisotopic (exact) mass is 387 g/mol. The van der Waals surface area contributed by atoms with Crippen LogP contribution < -0.4 is 0 Å². The average Bonchev–Trinajstić information content (AvgIpc) is 2.99. The highest BCUT2D eigenvalue weighted by Crippen LogP contribution is 2.24. The number of aromatic nitrogens is 3. The Hall–Kier alpha value is -2.21. The standard InChI is InChI=1S/C18H18BrN3O2/c1-11-15(8-9-18(23)24-3)12(2)22-17(20-11)10-16(21-22)13-4-6-14(19)7-5-13/h4-7,10H,8-9H2,1-3H3. The fraction of sp³-hybridized carbons (Fsp3) is 0.278. The van der Waals surface area contributed by atoms with Crippen LogP contribution in [0.15, 0.2) is 34.8 Å². The topological polar surface area (TPSA) is 56.5 Å². The molecule has 3 aromatic rings. The quantitative estimate of drug-likeness (QED) is 0.637. The van der Waals surface area contributed by atoms with E-state index in [1.54, 1.807) is 0 Å². The molecule has 0 unspecified atom stereocenters. The molecule has 24 heavy (non-hydrogen) atoms. The van der Waals surface area contributed by atoms with Gasteiger partial charge in [-0.1, -0.05) is 28.1 Å². The third-order valence-electron chi connectivity index (χ3n) is 4.11. The van der Waals surface area contributed by atoms with Gasteiger partial charge in [-0.3, -0.25) is 4.79 Å². The van der Waals surface area contributed by atoms with Gasteiger partial charge in [0.15, 0.2) is 5.65 Å². The molecule has 5 nitrogen and oxygen atoms in total. The number of hydrogen-bond acceptors (Lipinski definition) is 4. The van der Waals surface area contributed by atoms with Crippen molar-refractivity contribution in [2.45, 2.75) is 26.7 Å². The number of nitrogens with zero attached hydrogens (tertiary/aromatic N) is 3. The second-order valence-electron chi connectivity index (χ2n) is 5.64. The summed E-state index contributed by atoms with van der Waals surface area (Å²) < 4.78 is 7.60. The third kappa shape index (κ3) is 3.19. The van der Waals surface area contributed by atoms with Crippen molar-refractivity contribution in [3.05, 3.63) is 51.8 Å². The molecule has 2 heterocycles. The zero-order valence-electron chi connectivity index (χ0n) is 13.8. The van der Waals surface area contributed by atoms with Gasteiger partial charge in [0.2, 0.25) is 0 Å². The highest BCUT2D eigenvalue weighted by Gasteiger charge is 2.14. The van der Waals surface area contributed by atoms with Gasteiger partial charge in [-0.25, -0.2) is 9.50 Å². The molecule has 0 fully saturated rings. The van der Waals surface area contributed by atoms with Gasteiger partial charge in [0.05, 0.1) is 12.8 Å². The molecular weight excluding hydrogens is 370 g/mol. The number of rotatable bonds is 4. The Bertz CT molecular complexity index is 901. The minimum absolute atomic E-state index is 0.218. The van der Waals surface area contributed by atoms with Crippen LogP contribution in [0, 0.1) is 13.8 Å². The smallest absolute Gasteiger partial charge is 0.305 e. The molecule has 6 heteroatoms. The minimum atomic E-state index is -0.218. The molecule has 3 rings (SSSR count). The molecule has 0 aliphatic carbocycles. The summed E-state index contributed by atoms with van der Waals surface area (Å²) in [6.07, 6.45) is 0.937. The predicted molar refractivity (Wildman–Crippen MR) is 95.9 cm³/mol. The van der Waals surface area contributed by atoms with Crippen molar-refractivity contribution in [1.29, 1.82) is 0 Å². The number of fused-ring (bicyclic) bond motifs is 1. The van der Waals surface area contributed by atoms with Crippen molar-refractivity contribution in [3.63, 3.8) is 0 Å². The first-order chi connectivity index (χ1) is 11.5. The number of hydrogen-bond donors (Lipinski definition) is 0. The van der Waals surface area contributed by atoms with E-state index in [0.717, 1.165) is 38.3 Å². The molecule has 0 spiro atoms. The lowest BCUT2D eigenvalue weighted by atomic mass is 10.1. The van der Waals surface area contributed by atoms with E-state index in [1.807, 2.05) is 48.7 Å². The zero-order chi connectivity index (χ0) is 17.3. The number of ether oxygens (including phenoxy) is 1. The van der Waals surface area contributed by atoms with Crippen molar-refractivity contribution < 1.29 is 9.53 Å². The van der Waals surface area contributed by atoms with Gasteiger partial charge in [-0.15, -0.1) is 0 Å². The number of carbonyl (C=O) groups is 1. The van der Waals surface area contributed by atoms with Crippen molar-refractivity contribution in [2.24, 2.45) is 0 Å². The number of esters is 1. The van der Waals surface area contributed by atoms with E-state index < -0.39 is 0 Å². The van der Waals surface area contributed by atoms with Crippen LogP contribution in [0.1, 0.15) is 23.4 Å². The predicted octanol–water partition coefficient (Wildman–Crippen LogP) is 3.88. The van der Waals surface area contributed by atoms with E-state index in [9.17, 15) is 4.79 Å². The summed E-state index contributed by atoms with van der Waals surface area (Å²) in [5.41, 5.74) is 5.69. The van der Waals surface area contributed by atoms with E-state index in [4.69, 9.17) is 4.74 Å². The molecule has 0 bridgehead atoms. The molecule has 0 atom stereocenters. The summed E-state index contributed by atoms with van der Waals surface area (Å²) in [6.45, 7) is 3.97. The Labute approximate surface area is 148 Å². The summed E-state index contributed by atoms with van der Waals surface area (Å²) in [7, 11) is 1.40. The summed E-state index contributed by atoms with van der Waals surface area (Å²) >= 11 is 3.44. The fourth-order valence-corrected chi connectivity index (χ4v) is 3.04. The lowest BCUT2D eigenvalue weighted by Crippen LogP contribution is -2.08. The fourth-order valence-electron chi connectivity index (χ4n) is 2.78. The molecule has 0 amide bonds. The Kier molecular flexibility index (Phi) is 4.66. The Morgan fingerprint density at radius 1 is 1.25 bits per heavy atom. The van der Waals surface area contributed by atoms with E-state index >= 15 is 0 Å². The average molecular weight is 388 g/mol. The van der Waals surface area contributed by atoms with Crippen LogP contribution >= 0.6 is 15.9 Å². The molecule has 124 valence electrons. The second kappa shape index (κ2) is 6.73. The van der Waals surface area contributed by atoms with Gasteiger partial charge >= 0.3 is 5.97 Å². The SMILES string of the molecule is COC(=O)CCc1c(C)nc2cc(-c3ccc(Br)cc3)nn2c1C. The first-order valence-electron chi connectivity index (χ1n) is 7.68. The summed E-state index contributed by atoms with van der Waals surface area (Å²) in [6, 6.07) is 10.0. The highest BCUT2D eigenvalue weighted by molar-refractivity contribution is 9.10. The third-order valence-corrected chi connectivity index (χ3v) is 4.64. The lowest BCUT2D eigenvalue weighted by molar-refractivity contribution is -0.140. The zero-order valence-corrected chi connectivity index (χ0v) is 15.4. The maximum absolute atomic E-state index is 11.4. The molecule has 0 aliphatic rings. The maximum Gasteiger partial charge on any atom is 0.305 e. The van der Waals surface area contributed by atoms with E-state index in [0.29, 0.717) is 12.8 Å². The lowest BCUT2D eigenvalue weighted by Gasteiger charge is -2.10. The number of methoxy groups -OCH3 is 1. The summed E-state index contributed by atoms with van der Waals surface area (Å²) in [5.74, 6) is -0.218. The van der Waals surface area contributed by atoms with Crippen LogP contribution in [0.2, 0.25) is 0 Å². The number of carbonyl (C=O) groups excluding carboxylic acids is 1. The Morgan fingerprint density at radius 3 is 2.62 bits per heavy atom. The molecular formula is C18H18BrN3O2. The van der Waals surface area contributed by atoms with Crippen LogP contribution in [0.5, 0.6) is 0 Å². The van der Waals surface area contributed by atoms with Crippen molar-refractivity contribution in [1.82, 2.24) is 14.6 Å². The van der Waals surface area contributed by atoms with Crippen molar-refractivity contribution in [3.8, 4) is 11.3 Å². The highest BCUT2D eigenvalue weighted by atomic mass is 79.9. The largest absolute Gasteiger partial charge is 0.469 e. The van der Waals surface area contributed by atoms with Crippen LogP contribution in [0.3, 0.4) is 0 Å². The van der Waals surface area contributed by atoms with Crippen molar-refractivity contribution in [2.75, 3.05) is 7.11 Å². The summed E-state index contributed by atoms with van der Waals surface area (Å²) in [5, 5.41) is 4.68.